The number of rotatable bonds is 18. The topological polar surface area (TPSA) is 241 Å². The first kappa shape index (κ1) is 51.7. The molecule has 0 spiro atoms. The highest BCUT2D eigenvalue weighted by atomic mass is 16.5. The number of nitrogens with one attached hydrogen (secondary N) is 2. The van der Waals surface area contributed by atoms with Gasteiger partial charge in [-0.3, -0.25) is 9.59 Å². The summed E-state index contributed by atoms with van der Waals surface area (Å²) in [6.45, 7) is 4.56. The first-order valence-corrected chi connectivity index (χ1v) is 27.3. The van der Waals surface area contributed by atoms with Gasteiger partial charge in [0, 0.05) is 130 Å². The van der Waals surface area contributed by atoms with Crippen molar-refractivity contribution < 1.29 is 34.1 Å². The highest BCUT2D eigenvalue weighted by Gasteiger charge is 2.36. The lowest BCUT2D eigenvalue weighted by atomic mass is 9.82. The number of anilines is 1. The summed E-state index contributed by atoms with van der Waals surface area (Å²) in [5.41, 5.74) is 27.7. The Morgan fingerprint density at radius 2 is 1.59 bits per heavy atom. The largest absolute Gasteiger partial charge is 0.490 e. The van der Waals surface area contributed by atoms with Crippen molar-refractivity contribution in [2.45, 2.75) is 83.3 Å². The minimum absolute atomic E-state index is 0.0341. The molecule has 5 aliphatic heterocycles. The Labute approximate surface area is 450 Å². The van der Waals surface area contributed by atoms with E-state index >= 15 is 0 Å². The number of aromatic carboxylic acids is 1. The predicted octanol–water partition coefficient (Wildman–Crippen LogP) is 8.82. The minimum Gasteiger partial charge on any atom is -0.490 e. The van der Waals surface area contributed by atoms with Crippen LogP contribution in [-0.2, 0) is 37.0 Å². The monoisotopic (exact) mass is 1050 g/mol. The van der Waals surface area contributed by atoms with Gasteiger partial charge in [0.05, 0.1) is 11.1 Å². The summed E-state index contributed by atoms with van der Waals surface area (Å²) < 4.78 is 15.8. The second-order valence-electron chi connectivity index (χ2n) is 20.8. The van der Waals surface area contributed by atoms with Crippen LogP contribution < -0.4 is 40.2 Å². The molecule has 0 fully saturated rings. The maximum atomic E-state index is 14.5. The number of nitrogens with zero attached hydrogens (tertiary/aromatic N) is 9. The first-order chi connectivity index (χ1) is 38.2. The molecular weight excluding hydrogens is 987 g/mol. The molecule has 0 radical (unpaired) electrons. The molecule has 6 aromatic carbocycles. The summed E-state index contributed by atoms with van der Waals surface area (Å²) >= 11 is 0. The van der Waals surface area contributed by atoms with Crippen molar-refractivity contribution in [3.63, 3.8) is 0 Å². The second kappa shape index (κ2) is 23.1. The van der Waals surface area contributed by atoms with E-state index in [0.29, 0.717) is 16.9 Å². The van der Waals surface area contributed by atoms with Gasteiger partial charge < -0.3 is 40.1 Å². The molecule has 0 aliphatic carbocycles. The summed E-state index contributed by atoms with van der Waals surface area (Å²) in [5, 5.41) is 39.4. The number of aliphatic hydroxyl groups is 1. The Morgan fingerprint density at radius 1 is 0.795 bits per heavy atom. The van der Waals surface area contributed by atoms with Crippen LogP contribution in [0.1, 0.15) is 105 Å². The van der Waals surface area contributed by atoms with Crippen molar-refractivity contribution in [1.82, 2.24) is 20.1 Å². The zero-order valence-corrected chi connectivity index (χ0v) is 43.5. The molecule has 78 heavy (non-hydrogen) atoms. The maximum Gasteiger partial charge on any atom is 0.336 e. The molecule has 0 unspecified atom stereocenters. The zero-order chi connectivity index (χ0) is 53.7. The van der Waals surface area contributed by atoms with Crippen LogP contribution in [0.15, 0.2) is 101 Å². The maximum absolute atomic E-state index is 14.5. The normalized spacial score (nSPS) is 15.4. The number of benzene rings is 6. The molecule has 5 heterocycles. The molecular formula is C60H62N11O7+. The molecule has 2 amide bonds. The molecule has 18 nitrogen and oxygen atoms in total. The van der Waals surface area contributed by atoms with E-state index in [1.54, 1.807) is 29.2 Å². The fraction of sp³-hybridized carbons (Fsp3) is 0.367. The van der Waals surface area contributed by atoms with Gasteiger partial charge in [0.15, 0.2) is 0 Å². The van der Waals surface area contributed by atoms with Gasteiger partial charge >= 0.3 is 5.97 Å². The number of amides is 2. The first-order valence-electron chi connectivity index (χ1n) is 27.3. The summed E-state index contributed by atoms with van der Waals surface area (Å²) in [6.07, 6.45) is 8.95. The van der Waals surface area contributed by atoms with Gasteiger partial charge in [-0.2, -0.15) is 0 Å². The standard InChI is InChI=1S/C60H61N11O7/c61-67-65-50-21-18-37(30-51(50)66-68-62)35-71(53(73)22-23-63-34-42(72)36-77-52-17-7-13-38-10-1-2-14-43(38)52)29-24-64-59(74)41-19-20-44(60(75)76)47(33-41)54-48-31-39-11-3-5-25-69-27-8-15-45(55(39)69)57(48)78-58-46-16-9-28-70-26-6-4-12-40(56(46)70)32-49(54)58/h1-2,7,10,13-14,17-21,30-33,42,63,72H,3-6,8-9,11-12,15-16,22-29,34-36H2,(H-,64,74,75,76)/p+1/t42-/m0/s1. The quantitative estimate of drug-likeness (QED) is 0.0211. The molecule has 11 rings (SSSR count). The summed E-state index contributed by atoms with van der Waals surface area (Å²) in [4.78, 5) is 51.8. The summed E-state index contributed by atoms with van der Waals surface area (Å²) in [5.74, 6) is 0.432. The van der Waals surface area contributed by atoms with Crippen LogP contribution >= 0.6 is 0 Å². The SMILES string of the molecule is [N-]=[N+]=Nc1ccc(CN(CCNC(=O)c2ccc(C(=O)O)c(C3=c4cc5c6c(c4Oc4c3cc3c7c4CCCN7CCCC3)CCC[N+]=6CCCC5)c2)C(=O)CCNC[C@H](O)COc2cccc3ccccc23)cc1N=[N+]=[N-]. The number of ether oxygens (including phenoxy) is 2. The summed E-state index contributed by atoms with van der Waals surface area (Å²) in [7, 11) is 0. The van der Waals surface area contributed by atoms with E-state index in [1.165, 1.54) is 45.4 Å². The molecule has 0 aromatic heterocycles. The number of fused-ring (bicyclic) bond motifs is 5. The van der Waals surface area contributed by atoms with E-state index in [4.69, 9.17) is 15.0 Å². The molecule has 1 atom stereocenters. The molecule has 0 bridgehead atoms. The van der Waals surface area contributed by atoms with Crippen LogP contribution in [0, 0.1) is 0 Å². The van der Waals surface area contributed by atoms with Crippen molar-refractivity contribution in [3.8, 4) is 17.2 Å². The third-order valence-corrected chi connectivity index (χ3v) is 15.8. The fourth-order valence-electron chi connectivity index (χ4n) is 12.2. The van der Waals surface area contributed by atoms with Crippen molar-refractivity contribution in [3.05, 3.63) is 173 Å². The lowest BCUT2D eigenvalue weighted by Crippen LogP contribution is -2.41. The molecule has 0 saturated carbocycles. The average molecular weight is 1050 g/mol. The number of carbonyl (C=O) groups excluding carboxylic acids is 2. The van der Waals surface area contributed by atoms with Crippen molar-refractivity contribution in [1.29, 1.82) is 0 Å². The highest BCUT2D eigenvalue weighted by Crippen LogP contribution is 2.49. The van der Waals surface area contributed by atoms with E-state index in [2.05, 4.69) is 52.3 Å². The number of aliphatic hydroxyl groups excluding tert-OH is 1. The van der Waals surface area contributed by atoms with Crippen molar-refractivity contribution in [2.24, 2.45) is 10.2 Å². The van der Waals surface area contributed by atoms with E-state index in [1.807, 2.05) is 42.5 Å². The van der Waals surface area contributed by atoms with Crippen LogP contribution in [0.3, 0.4) is 0 Å². The van der Waals surface area contributed by atoms with Gasteiger partial charge in [-0.15, -0.1) is 0 Å². The Balaban J connectivity index is 0.873. The fourth-order valence-corrected chi connectivity index (χ4v) is 12.2. The average Bonchev–Trinajstić information content (AvgIpc) is 3.97. The van der Waals surface area contributed by atoms with Gasteiger partial charge in [-0.25, -0.2) is 9.37 Å². The number of carbonyl (C=O) groups is 3. The Hall–Kier alpha value is -8.40. The third-order valence-electron chi connectivity index (χ3n) is 15.8. The Bertz CT molecular complexity index is 3620. The summed E-state index contributed by atoms with van der Waals surface area (Å²) in [6, 6.07) is 27.6. The van der Waals surface area contributed by atoms with Gasteiger partial charge in [-0.1, -0.05) is 58.8 Å². The van der Waals surface area contributed by atoms with E-state index < -0.39 is 18.0 Å². The molecule has 5 aliphatic rings. The van der Waals surface area contributed by atoms with Gasteiger partial charge in [0.1, 0.15) is 43.0 Å². The number of carboxylic acids is 1. The Morgan fingerprint density at radius 3 is 2.46 bits per heavy atom. The number of carboxylic acid groups (broad SMARTS) is 1. The zero-order valence-electron chi connectivity index (χ0n) is 43.5. The molecule has 0 saturated heterocycles. The van der Waals surface area contributed by atoms with Crippen molar-refractivity contribution in [2.75, 3.05) is 63.9 Å². The van der Waals surface area contributed by atoms with Crippen LogP contribution in [-0.4, -0.2) is 98.0 Å². The third kappa shape index (κ3) is 10.5. The van der Waals surface area contributed by atoms with Crippen LogP contribution in [0.4, 0.5) is 17.1 Å². The number of azide groups is 2. The smallest absolute Gasteiger partial charge is 0.336 e. The van der Waals surface area contributed by atoms with E-state index in [-0.39, 0.29) is 74.2 Å². The molecule has 398 valence electrons. The predicted molar refractivity (Wildman–Crippen MR) is 298 cm³/mol. The van der Waals surface area contributed by atoms with Gasteiger partial charge in [-0.05, 0) is 127 Å². The van der Waals surface area contributed by atoms with E-state index in [9.17, 15) is 30.1 Å². The minimum atomic E-state index is -1.10. The second-order valence-corrected chi connectivity index (χ2v) is 20.8. The number of hydrogen-bond donors (Lipinski definition) is 4. The lowest BCUT2D eigenvalue weighted by molar-refractivity contribution is -0.131. The van der Waals surface area contributed by atoms with Crippen molar-refractivity contribution >= 4 is 51.2 Å². The van der Waals surface area contributed by atoms with Crippen LogP contribution in [0.25, 0.3) is 37.2 Å². The molecule has 6 aromatic rings. The highest BCUT2D eigenvalue weighted by molar-refractivity contribution is 6.03. The van der Waals surface area contributed by atoms with Gasteiger partial charge in [0.2, 0.25) is 11.3 Å². The Kier molecular flexibility index (Phi) is 15.3. The number of hydrogen-bond acceptors (Lipinski definition) is 10. The van der Waals surface area contributed by atoms with Crippen LogP contribution in [0.5, 0.6) is 17.2 Å². The van der Waals surface area contributed by atoms with Gasteiger partial charge in [0.25, 0.3) is 5.91 Å². The number of aryl methyl sites for hydroxylation is 2. The lowest BCUT2D eigenvalue weighted by Gasteiger charge is -2.35. The molecule has 4 N–H and O–H groups in total. The van der Waals surface area contributed by atoms with E-state index in [0.717, 1.165) is 129 Å². The molecule has 18 heteroatoms. The van der Waals surface area contributed by atoms with Crippen LogP contribution in [0.2, 0.25) is 0 Å².